The Balaban J connectivity index is 1.61. The number of hydrogen-bond donors (Lipinski definition) is 1. The summed E-state index contributed by atoms with van der Waals surface area (Å²) in [5, 5.41) is 2.70. The molecule has 5 heteroatoms. The van der Waals surface area contributed by atoms with Crippen LogP contribution in [0.25, 0.3) is 0 Å². The largest absolute Gasteiger partial charge is 0.439 e. The van der Waals surface area contributed by atoms with Crippen molar-refractivity contribution >= 4 is 12.0 Å². The molecule has 1 N–H and O–H groups in total. The SMILES string of the molecule is O=C1NCC2(CCCN(C(=O)CC3=CCCC3)C2)O1. The molecule has 2 aliphatic heterocycles. The Kier molecular flexibility index (Phi) is 3.21. The van der Waals surface area contributed by atoms with E-state index in [1.807, 2.05) is 4.90 Å². The lowest BCUT2D eigenvalue weighted by Crippen LogP contribution is -2.52. The van der Waals surface area contributed by atoms with Gasteiger partial charge in [-0.2, -0.15) is 0 Å². The highest BCUT2D eigenvalue weighted by molar-refractivity contribution is 5.79. The molecule has 0 aromatic carbocycles. The summed E-state index contributed by atoms with van der Waals surface area (Å²) in [5.74, 6) is 0.176. The topological polar surface area (TPSA) is 58.6 Å². The fourth-order valence-electron chi connectivity index (χ4n) is 3.24. The summed E-state index contributed by atoms with van der Waals surface area (Å²) in [6.07, 6.45) is 7.46. The first-order valence-corrected chi connectivity index (χ1v) is 7.09. The molecule has 0 saturated carbocycles. The molecule has 5 nitrogen and oxygen atoms in total. The van der Waals surface area contributed by atoms with E-state index in [2.05, 4.69) is 11.4 Å². The summed E-state index contributed by atoms with van der Waals surface area (Å²) in [6.45, 7) is 1.85. The Hall–Kier alpha value is -1.52. The molecule has 1 unspecified atom stereocenters. The first kappa shape index (κ1) is 12.5. The van der Waals surface area contributed by atoms with E-state index in [9.17, 15) is 9.59 Å². The van der Waals surface area contributed by atoms with E-state index in [0.29, 0.717) is 19.5 Å². The van der Waals surface area contributed by atoms with E-state index in [4.69, 9.17) is 4.74 Å². The molecule has 104 valence electrons. The van der Waals surface area contributed by atoms with Crippen LogP contribution in [-0.4, -0.2) is 42.1 Å². The second kappa shape index (κ2) is 4.87. The average molecular weight is 264 g/mol. The van der Waals surface area contributed by atoms with Gasteiger partial charge in [0.1, 0.15) is 5.60 Å². The number of amides is 2. The van der Waals surface area contributed by atoms with Crippen LogP contribution < -0.4 is 5.32 Å². The maximum atomic E-state index is 12.3. The monoisotopic (exact) mass is 264 g/mol. The van der Waals surface area contributed by atoms with Gasteiger partial charge in [0.2, 0.25) is 5.91 Å². The smallest absolute Gasteiger partial charge is 0.407 e. The molecule has 2 fully saturated rings. The zero-order chi connectivity index (χ0) is 13.3. The van der Waals surface area contributed by atoms with Crippen LogP contribution in [0.2, 0.25) is 0 Å². The molecule has 2 amide bonds. The minimum absolute atomic E-state index is 0.176. The van der Waals surface area contributed by atoms with E-state index < -0.39 is 5.60 Å². The van der Waals surface area contributed by atoms with Gasteiger partial charge in [0, 0.05) is 13.0 Å². The highest BCUT2D eigenvalue weighted by Crippen LogP contribution is 2.29. The Morgan fingerprint density at radius 2 is 2.37 bits per heavy atom. The lowest BCUT2D eigenvalue weighted by molar-refractivity contribution is -0.136. The average Bonchev–Trinajstić information content (AvgIpc) is 3.00. The number of carbonyl (C=O) groups is 2. The Labute approximate surface area is 113 Å². The van der Waals surface area contributed by atoms with Gasteiger partial charge in [-0.05, 0) is 32.1 Å². The highest BCUT2D eigenvalue weighted by atomic mass is 16.6. The molecular weight excluding hydrogens is 244 g/mol. The number of ether oxygens (including phenoxy) is 1. The fraction of sp³-hybridized carbons (Fsp3) is 0.714. The third kappa shape index (κ3) is 2.60. The van der Waals surface area contributed by atoms with Gasteiger partial charge in [-0.1, -0.05) is 11.6 Å². The highest BCUT2D eigenvalue weighted by Gasteiger charge is 2.44. The Morgan fingerprint density at radius 3 is 3.05 bits per heavy atom. The van der Waals surface area contributed by atoms with Gasteiger partial charge in [0.25, 0.3) is 0 Å². The quantitative estimate of drug-likeness (QED) is 0.770. The molecule has 2 saturated heterocycles. The lowest BCUT2D eigenvalue weighted by atomic mass is 9.92. The van der Waals surface area contributed by atoms with Gasteiger partial charge in [0.15, 0.2) is 0 Å². The van der Waals surface area contributed by atoms with Gasteiger partial charge < -0.3 is 15.0 Å². The number of allylic oxidation sites excluding steroid dienone is 1. The number of likely N-dealkylation sites (tertiary alicyclic amines) is 1. The van der Waals surface area contributed by atoms with E-state index in [-0.39, 0.29) is 12.0 Å². The van der Waals surface area contributed by atoms with Gasteiger partial charge in [0.05, 0.1) is 13.1 Å². The summed E-state index contributed by atoms with van der Waals surface area (Å²) < 4.78 is 5.38. The van der Waals surface area contributed by atoms with Gasteiger partial charge >= 0.3 is 6.09 Å². The molecule has 0 aromatic rings. The van der Waals surface area contributed by atoms with E-state index in [0.717, 1.165) is 32.2 Å². The van der Waals surface area contributed by atoms with Crippen molar-refractivity contribution in [3.63, 3.8) is 0 Å². The second-order valence-electron chi connectivity index (χ2n) is 5.78. The maximum Gasteiger partial charge on any atom is 0.407 e. The summed E-state index contributed by atoms with van der Waals surface area (Å²) in [7, 11) is 0. The third-order valence-electron chi connectivity index (χ3n) is 4.27. The number of alkyl carbamates (subject to hydrolysis) is 1. The predicted molar refractivity (Wildman–Crippen MR) is 69.6 cm³/mol. The molecule has 19 heavy (non-hydrogen) atoms. The van der Waals surface area contributed by atoms with E-state index in [1.165, 1.54) is 12.0 Å². The summed E-state index contributed by atoms with van der Waals surface area (Å²) in [6, 6.07) is 0. The van der Waals surface area contributed by atoms with E-state index >= 15 is 0 Å². The van der Waals surface area contributed by atoms with Gasteiger partial charge in [-0.15, -0.1) is 0 Å². The number of nitrogens with zero attached hydrogens (tertiary/aromatic N) is 1. The van der Waals surface area contributed by atoms with Crippen molar-refractivity contribution in [2.24, 2.45) is 0 Å². The molecule has 0 aromatic heterocycles. The first-order chi connectivity index (χ1) is 9.17. The molecule has 3 aliphatic rings. The van der Waals surface area contributed by atoms with Crippen LogP contribution in [0, 0.1) is 0 Å². The lowest BCUT2D eigenvalue weighted by Gasteiger charge is -2.38. The standard InChI is InChI=1S/C14H20N2O3/c17-12(8-11-4-1-2-5-11)16-7-3-6-14(10-16)9-15-13(18)19-14/h4H,1-3,5-10H2,(H,15,18). The van der Waals surface area contributed by atoms with Crippen LogP contribution >= 0.6 is 0 Å². The van der Waals surface area contributed by atoms with Crippen molar-refractivity contribution in [3.05, 3.63) is 11.6 Å². The van der Waals surface area contributed by atoms with Crippen molar-refractivity contribution in [3.8, 4) is 0 Å². The number of hydrogen-bond acceptors (Lipinski definition) is 3. The van der Waals surface area contributed by atoms with Crippen LogP contribution in [0.1, 0.15) is 38.5 Å². The maximum absolute atomic E-state index is 12.3. The van der Waals surface area contributed by atoms with Crippen LogP contribution in [0.4, 0.5) is 4.79 Å². The van der Waals surface area contributed by atoms with Crippen molar-refractivity contribution in [1.29, 1.82) is 0 Å². The molecule has 1 spiro atoms. The van der Waals surface area contributed by atoms with Crippen molar-refractivity contribution in [2.75, 3.05) is 19.6 Å². The minimum Gasteiger partial charge on any atom is -0.439 e. The molecule has 1 atom stereocenters. The Bertz CT molecular complexity index is 432. The molecular formula is C14H20N2O3. The second-order valence-corrected chi connectivity index (χ2v) is 5.78. The minimum atomic E-state index is -0.477. The third-order valence-corrected chi connectivity index (χ3v) is 4.27. The van der Waals surface area contributed by atoms with Crippen LogP contribution in [0.3, 0.4) is 0 Å². The summed E-state index contributed by atoms with van der Waals surface area (Å²) in [4.78, 5) is 25.4. The van der Waals surface area contributed by atoms with Gasteiger partial charge in [-0.25, -0.2) is 4.79 Å². The Morgan fingerprint density at radius 1 is 1.47 bits per heavy atom. The van der Waals surface area contributed by atoms with Crippen molar-refractivity contribution in [1.82, 2.24) is 10.2 Å². The number of nitrogens with one attached hydrogen (secondary N) is 1. The van der Waals surface area contributed by atoms with Crippen LogP contribution in [0.5, 0.6) is 0 Å². The predicted octanol–water partition coefficient (Wildman–Crippen LogP) is 1.59. The fourth-order valence-corrected chi connectivity index (χ4v) is 3.24. The number of piperidine rings is 1. The van der Waals surface area contributed by atoms with Crippen LogP contribution in [-0.2, 0) is 9.53 Å². The molecule has 0 radical (unpaired) electrons. The number of carbonyl (C=O) groups excluding carboxylic acids is 2. The van der Waals surface area contributed by atoms with Crippen LogP contribution in [0.15, 0.2) is 11.6 Å². The van der Waals surface area contributed by atoms with E-state index in [1.54, 1.807) is 0 Å². The molecule has 2 heterocycles. The molecule has 1 aliphatic carbocycles. The molecule has 3 rings (SSSR count). The zero-order valence-corrected chi connectivity index (χ0v) is 11.1. The summed E-state index contributed by atoms with van der Waals surface area (Å²) in [5.41, 5.74) is 0.792. The zero-order valence-electron chi connectivity index (χ0n) is 11.1. The van der Waals surface area contributed by atoms with Crippen molar-refractivity contribution < 1.29 is 14.3 Å². The van der Waals surface area contributed by atoms with Gasteiger partial charge in [-0.3, -0.25) is 4.79 Å². The summed E-state index contributed by atoms with van der Waals surface area (Å²) >= 11 is 0. The number of rotatable bonds is 2. The first-order valence-electron chi connectivity index (χ1n) is 7.09. The normalized spacial score (nSPS) is 30.2. The van der Waals surface area contributed by atoms with Crippen molar-refractivity contribution in [2.45, 2.75) is 44.1 Å². The molecule has 0 bridgehead atoms.